The highest BCUT2D eigenvalue weighted by Gasteiger charge is 2.34. The van der Waals surface area contributed by atoms with E-state index in [0.717, 1.165) is 0 Å². The molecule has 1 saturated heterocycles. The highest BCUT2D eigenvalue weighted by molar-refractivity contribution is 5.77. The van der Waals surface area contributed by atoms with E-state index in [-0.39, 0.29) is 12.6 Å². The van der Waals surface area contributed by atoms with Gasteiger partial charge in [-0.3, -0.25) is 9.69 Å². The Balaban J connectivity index is 2.60. The zero-order chi connectivity index (χ0) is 12.3. The van der Waals surface area contributed by atoms with Crippen LogP contribution in [-0.4, -0.2) is 53.5 Å². The van der Waals surface area contributed by atoms with Crippen molar-refractivity contribution in [2.24, 2.45) is 0 Å². The molecule has 6 nitrogen and oxygen atoms in total. The van der Waals surface area contributed by atoms with E-state index in [4.69, 9.17) is 14.6 Å². The van der Waals surface area contributed by atoms with Crippen molar-refractivity contribution in [2.75, 3.05) is 19.8 Å². The molecular weight excluding hydrogens is 214 g/mol. The van der Waals surface area contributed by atoms with Crippen LogP contribution in [0.25, 0.3) is 0 Å². The zero-order valence-electron chi connectivity index (χ0n) is 9.73. The van der Waals surface area contributed by atoms with Crippen LogP contribution >= 0.6 is 0 Å². The molecule has 1 aliphatic heterocycles. The number of amides is 1. The predicted molar refractivity (Wildman–Crippen MR) is 55.2 cm³/mol. The Kier molecular flexibility index (Phi) is 3.74. The van der Waals surface area contributed by atoms with Crippen LogP contribution < -0.4 is 0 Å². The van der Waals surface area contributed by atoms with E-state index in [0.29, 0.717) is 13.2 Å². The van der Waals surface area contributed by atoms with Gasteiger partial charge in [0.15, 0.2) is 0 Å². The summed E-state index contributed by atoms with van der Waals surface area (Å²) < 4.78 is 10.1. The molecule has 92 valence electrons. The van der Waals surface area contributed by atoms with Gasteiger partial charge >= 0.3 is 12.1 Å². The maximum absolute atomic E-state index is 11.7. The summed E-state index contributed by atoms with van der Waals surface area (Å²) in [6, 6.07) is -0.189. The normalized spacial score (nSPS) is 16.4. The van der Waals surface area contributed by atoms with Crippen LogP contribution in [0.4, 0.5) is 4.79 Å². The average Bonchev–Trinajstić information content (AvgIpc) is 1.95. The number of carbonyl (C=O) groups excluding carboxylic acids is 1. The lowest BCUT2D eigenvalue weighted by Gasteiger charge is -2.36. The van der Waals surface area contributed by atoms with Crippen LogP contribution in [0, 0.1) is 0 Å². The molecule has 1 N–H and O–H groups in total. The summed E-state index contributed by atoms with van der Waals surface area (Å²) in [6.45, 7) is 5.59. The topological polar surface area (TPSA) is 76.1 Å². The van der Waals surface area contributed by atoms with E-state index in [2.05, 4.69) is 0 Å². The number of carbonyl (C=O) groups is 2. The summed E-state index contributed by atoms with van der Waals surface area (Å²) in [5.41, 5.74) is -0.627. The Hall–Kier alpha value is -1.30. The first-order valence-electron chi connectivity index (χ1n) is 5.09. The highest BCUT2D eigenvalue weighted by atomic mass is 16.6. The maximum Gasteiger partial charge on any atom is 0.411 e. The molecule has 0 saturated carbocycles. The molecule has 0 unspecified atom stereocenters. The number of ether oxygens (including phenoxy) is 2. The lowest BCUT2D eigenvalue weighted by molar-refractivity contribution is -0.142. The van der Waals surface area contributed by atoms with Crippen molar-refractivity contribution in [1.29, 1.82) is 0 Å². The number of carboxylic acid groups (broad SMARTS) is 1. The van der Waals surface area contributed by atoms with Crippen LogP contribution in [0.15, 0.2) is 0 Å². The molecule has 0 bridgehead atoms. The number of hydrogen-bond acceptors (Lipinski definition) is 4. The fraction of sp³-hybridized carbons (Fsp3) is 0.800. The Morgan fingerprint density at radius 1 is 1.44 bits per heavy atom. The van der Waals surface area contributed by atoms with Gasteiger partial charge < -0.3 is 14.6 Å². The van der Waals surface area contributed by atoms with Crippen molar-refractivity contribution in [3.05, 3.63) is 0 Å². The van der Waals surface area contributed by atoms with Crippen molar-refractivity contribution in [3.63, 3.8) is 0 Å². The fourth-order valence-corrected chi connectivity index (χ4v) is 1.21. The van der Waals surface area contributed by atoms with Crippen molar-refractivity contribution < 1.29 is 24.2 Å². The third kappa shape index (κ3) is 3.69. The van der Waals surface area contributed by atoms with Gasteiger partial charge in [-0.15, -0.1) is 0 Å². The average molecular weight is 231 g/mol. The first-order valence-corrected chi connectivity index (χ1v) is 5.09. The number of carboxylic acids is 1. The third-order valence-electron chi connectivity index (χ3n) is 1.99. The third-order valence-corrected chi connectivity index (χ3v) is 1.99. The second kappa shape index (κ2) is 4.69. The molecule has 1 heterocycles. The highest BCUT2D eigenvalue weighted by Crippen LogP contribution is 2.15. The van der Waals surface area contributed by atoms with E-state index in [1.807, 2.05) is 0 Å². The summed E-state index contributed by atoms with van der Waals surface area (Å²) in [7, 11) is 0. The van der Waals surface area contributed by atoms with Crippen LogP contribution in [0.2, 0.25) is 0 Å². The van der Waals surface area contributed by atoms with Gasteiger partial charge in [0, 0.05) is 0 Å². The number of hydrogen-bond donors (Lipinski definition) is 1. The summed E-state index contributed by atoms with van der Waals surface area (Å²) >= 11 is 0. The molecule has 1 aliphatic rings. The molecule has 0 atom stereocenters. The van der Waals surface area contributed by atoms with Crippen molar-refractivity contribution in [3.8, 4) is 0 Å². The van der Waals surface area contributed by atoms with E-state index in [1.165, 1.54) is 4.90 Å². The molecular formula is C10H17NO5. The lowest BCUT2D eigenvalue weighted by atomic mass is 10.2. The SMILES string of the molecule is CC(C)(C)OC(=O)N(CC(=O)O)C1COC1. The molecule has 0 spiro atoms. The number of rotatable bonds is 3. The lowest BCUT2D eigenvalue weighted by Crippen LogP contribution is -2.54. The van der Waals surface area contributed by atoms with Crippen LogP contribution in [0.5, 0.6) is 0 Å². The van der Waals surface area contributed by atoms with Gasteiger partial charge in [0.1, 0.15) is 12.1 Å². The molecule has 1 fully saturated rings. The molecule has 16 heavy (non-hydrogen) atoms. The van der Waals surface area contributed by atoms with E-state index >= 15 is 0 Å². The van der Waals surface area contributed by atoms with Crippen LogP contribution in [0.3, 0.4) is 0 Å². The fourth-order valence-electron chi connectivity index (χ4n) is 1.21. The van der Waals surface area contributed by atoms with Gasteiger partial charge in [-0.1, -0.05) is 0 Å². The molecule has 0 aromatic heterocycles. The van der Waals surface area contributed by atoms with Crippen molar-refractivity contribution >= 4 is 12.1 Å². The molecule has 1 amide bonds. The molecule has 0 aromatic carbocycles. The smallest absolute Gasteiger partial charge is 0.411 e. The predicted octanol–water partition coefficient (Wildman–Crippen LogP) is 0.707. The monoisotopic (exact) mass is 231 g/mol. The minimum atomic E-state index is -1.06. The Morgan fingerprint density at radius 3 is 2.31 bits per heavy atom. The van der Waals surface area contributed by atoms with E-state index < -0.39 is 17.7 Å². The quantitative estimate of drug-likeness (QED) is 0.774. The van der Waals surface area contributed by atoms with Gasteiger partial charge in [0.2, 0.25) is 0 Å². The largest absolute Gasteiger partial charge is 0.480 e. The Labute approximate surface area is 94.1 Å². The van der Waals surface area contributed by atoms with Gasteiger partial charge in [-0.05, 0) is 20.8 Å². The minimum Gasteiger partial charge on any atom is -0.480 e. The summed E-state index contributed by atoms with van der Waals surface area (Å²) in [6.07, 6.45) is -0.608. The standard InChI is InChI=1S/C10H17NO5/c1-10(2,3)16-9(14)11(4-8(12)13)7-5-15-6-7/h7H,4-6H2,1-3H3,(H,12,13). The Bertz CT molecular complexity index is 279. The number of nitrogens with zero attached hydrogens (tertiary/aromatic N) is 1. The van der Waals surface area contributed by atoms with Crippen LogP contribution in [0.1, 0.15) is 20.8 Å². The Morgan fingerprint density at radius 2 is 2.00 bits per heavy atom. The van der Waals surface area contributed by atoms with E-state index in [9.17, 15) is 9.59 Å². The van der Waals surface area contributed by atoms with Gasteiger partial charge in [0.05, 0.1) is 19.3 Å². The molecule has 0 radical (unpaired) electrons. The van der Waals surface area contributed by atoms with Crippen LogP contribution in [-0.2, 0) is 14.3 Å². The van der Waals surface area contributed by atoms with Crippen molar-refractivity contribution in [1.82, 2.24) is 4.90 Å². The van der Waals surface area contributed by atoms with Gasteiger partial charge in [-0.25, -0.2) is 4.79 Å². The molecule has 1 rings (SSSR count). The maximum atomic E-state index is 11.7. The van der Waals surface area contributed by atoms with Gasteiger partial charge in [-0.2, -0.15) is 0 Å². The minimum absolute atomic E-state index is 0.189. The van der Waals surface area contributed by atoms with Crippen molar-refractivity contribution in [2.45, 2.75) is 32.4 Å². The molecule has 0 aromatic rings. The van der Waals surface area contributed by atoms with E-state index in [1.54, 1.807) is 20.8 Å². The summed E-state index contributed by atoms with van der Waals surface area (Å²) in [5, 5.41) is 8.71. The first kappa shape index (κ1) is 12.8. The van der Waals surface area contributed by atoms with Gasteiger partial charge in [0.25, 0.3) is 0 Å². The zero-order valence-corrected chi connectivity index (χ0v) is 9.73. The number of aliphatic carboxylic acids is 1. The molecule has 6 heteroatoms. The second-order valence-electron chi connectivity index (χ2n) is 4.69. The molecule has 0 aliphatic carbocycles. The second-order valence-corrected chi connectivity index (χ2v) is 4.69. The summed E-state index contributed by atoms with van der Waals surface area (Å²) in [4.78, 5) is 23.5. The summed E-state index contributed by atoms with van der Waals surface area (Å²) in [5.74, 6) is -1.06. The first-order chi connectivity index (χ1) is 7.29.